The molecule has 1 aliphatic heterocycles. The highest BCUT2D eigenvalue weighted by Gasteiger charge is 2.20. The van der Waals surface area contributed by atoms with E-state index < -0.39 is 0 Å². The van der Waals surface area contributed by atoms with Gasteiger partial charge in [-0.2, -0.15) is 0 Å². The van der Waals surface area contributed by atoms with Gasteiger partial charge in [0.15, 0.2) is 5.78 Å². The van der Waals surface area contributed by atoms with Gasteiger partial charge >= 0.3 is 0 Å². The molecule has 1 heterocycles. The molecular weight excluding hydrogens is 252 g/mol. The first kappa shape index (κ1) is 14.9. The third-order valence-corrected chi connectivity index (χ3v) is 3.43. The zero-order valence-corrected chi connectivity index (χ0v) is 12.4. The van der Waals surface area contributed by atoms with Gasteiger partial charge in [-0.1, -0.05) is 13.8 Å². The Hall–Kier alpha value is -1.55. The van der Waals surface area contributed by atoms with Crippen molar-refractivity contribution in [1.82, 2.24) is 0 Å². The van der Waals surface area contributed by atoms with Crippen LogP contribution in [0.25, 0.3) is 0 Å². The van der Waals surface area contributed by atoms with Gasteiger partial charge in [-0.05, 0) is 37.1 Å². The van der Waals surface area contributed by atoms with Crippen LogP contribution in [0.4, 0.5) is 5.69 Å². The minimum atomic E-state index is 0.160. The molecule has 4 heteroatoms. The normalized spacial score (nSPS) is 14.1. The highest BCUT2D eigenvalue weighted by Crippen LogP contribution is 2.33. The van der Waals surface area contributed by atoms with Crippen molar-refractivity contribution in [2.24, 2.45) is 11.7 Å². The Labute approximate surface area is 120 Å². The SMILES string of the molecule is CC(C)CN1CCOc2ccc(C(=O)CCCN)cc21. The van der Waals surface area contributed by atoms with E-state index in [9.17, 15) is 4.79 Å². The summed E-state index contributed by atoms with van der Waals surface area (Å²) >= 11 is 0. The molecule has 1 aromatic rings. The summed E-state index contributed by atoms with van der Waals surface area (Å²) in [6.07, 6.45) is 1.25. The largest absolute Gasteiger partial charge is 0.490 e. The van der Waals surface area contributed by atoms with Crippen LogP contribution >= 0.6 is 0 Å². The molecule has 4 nitrogen and oxygen atoms in total. The molecule has 110 valence electrons. The molecule has 0 bridgehead atoms. The quantitative estimate of drug-likeness (QED) is 0.811. The van der Waals surface area contributed by atoms with Crippen molar-refractivity contribution in [3.63, 3.8) is 0 Å². The van der Waals surface area contributed by atoms with Gasteiger partial charge in [0.05, 0.1) is 12.2 Å². The van der Waals surface area contributed by atoms with E-state index in [1.54, 1.807) is 0 Å². The van der Waals surface area contributed by atoms with Crippen molar-refractivity contribution in [1.29, 1.82) is 0 Å². The second-order valence-electron chi connectivity index (χ2n) is 5.69. The highest BCUT2D eigenvalue weighted by atomic mass is 16.5. The van der Waals surface area contributed by atoms with Crippen molar-refractivity contribution in [2.75, 3.05) is 31.1 Å². The first-order chi connectivity index (χ1) is 9.61. The summed E-state index contributed by atoms with van der Waals surface area (Å²) < 4.78 is 5.68. The number of fused-ring (bicyclic) bond motifs is 1. The zero-order chi connectivity index (χ0) is 14.5. The van der Waals surface area contributed by atoms with Crippen LogP contribution in [0.1, 0.15) is 37.0 Å². The Morgan fingerprint density at radius 1 is 1.45 bits per heavy atom. The minimum Gasteiger partial charge on any atom is -0.490 e. The maximum Gasteiger partial charge on any atom is 0.163 e. The minimum absolute atomic E-state index is 0.160. The standard InChI is InChI=1S/C16H24N2O2/c1-12(2)11-18-8-9-20-16-6-5-13(10-14(16)18)15(19)4-3-7-17/h5-6,10,12H,3-4,7-9,11,17H2,1-2H3. The fourth-order valence-corrected chi connectivity index (χ4v) is 2.48. The maximum atomic E-state index is 12.1. The number of ether oxygens (including phenoxy) is 1. The molecule has 0 atom stereocenters. The van der Waals surface area contributed by atoms with Crippen molar-refractivity contribution in [3.8, 4) is 5.75 Å². The number of anilines is 1. The predicted octanol–water partition coefficient (Wildman–Crippen LogP) is 2.46. The van der Waals surface area contributed by atoms with E-state index in [2.05, 4.69) is 18.7 Å². The highest BCUT2D eigenvalue weighted by molar-refractivity contribution is 5.97. The molecule has 0 saturated carbocycles. The fourth-order valence-electron chi connectivity index (χ4n) is 2.48. The van der Waals surface area contributed by atoms with Crippen LogP contribution in [0, 0.1) is 5.92 Å². The Kier molecular flexibility index (Phi) is 5.01. The van der Waals surface area contributed by atoms with Gasteiger partial charge in [-0.3, -0.25) is 4.79 Å². The predicted molar refractivity (Wildman–Crippen MR) is 81.6 cm³/mol. The van der Waals surface area contributed by atoms with Gasteiger partial charge in [0.25, 0.3) is 0 Å². The summed E-state index contributed by atoms with van der Waals surface area (Å²) in [5.74, 6) is 1.62. The van der Waals surface area contributed by atoms with Crippen LogP contribution in [-0.4, -0.2) is 32.0 Å². The first-order valence-corrected chi connectivity index (χ1v) is 7.37. The number of rotatable bonds is 6. The third kappa shape index (κ3) is 3.51. The summed E-state index contributed by atoms with van der Waals surface area (Å²) in [4.78, 5) is 14.4. The van der Waals surface area contributed by atoms with E-state index in [1.807, 2.05) is 18.2 Å². The van der Waals surface area contributed by atoms with Crippen LogP contribution in [0.5, 0.6) is 5.75 Å². The van der Waals surface area contributed by atoms with E-state index in [4.69, 9.17) is 10.5 Å². The zero-order valence-electron chi connectivity index (χ0n) is 12.4. The van der Waals surface area contributed by atoms with Gasteiger partial charge in [-0.15, -0.1) is 0 Å². The van der Waals surface area contributed by atoms with Crippen molar-refractivity contribution >= 4 is 11.5 Å². The molecule has 0 unspecified atom stereocenters. The number of carbonyl (C=O) groups is 1. The summed E-state index contributed by atoms with van der Waals surface area (Å²) in [6.45, 7) is 7.53. The number of carbonyl (C=O) groups excluding carboxylic acids is 1. The van der Waals surface area contributed by atoms with E-state index in [0.717, 1.165) is 36.5 Å². The summed E-state index contributed by atoms with van der Waals surface area (Å²) in [5, 5.41) is 0. The molecule has 0 radical (unpaired) electrons. The van der Waals surface area contributed by atoms with Gasteiger partial charge in [0.1, 0.15) is 12.4 Å². The molecule has 1 aromatic carbocycles. The van der Waals surface area contributed by atoms with Crippen molar-refractivity contribution in [3.05, 3.63) is 23.8 Å². The second kappa shape index (κ2) is 6.75. The Morgan fingerprint density at radius 2 is 2.25 bits per heavy atom. The molecule has 2 N–H and O–H groups in total. The summed E-state index contributed by atoms with van der Waals surface area (Å²) in [5.41, 5.74) is 7.27. The van der Waals surface area contributed by atoms with Crippen LogP contribution in [-0.2, 0) is 0 Å². The Morgan fingerprint density at radius 3 is 2.95 bits per heavy atom. The molecule has 2 rings (SSSR count). The third-order valence-electron chi connectivity index (χ3n) is 3.43. The lowest BCUT2D eigenvalue weighted by atomic mass is 10.0. The molecule has 20 heavy (non-hydrogen) atoms. The van der Waals surface area contributed by atoms with Gasteiger partial charge in [0.2, 0.25) is 0 Å². The number of hydrogen-bond acceptors (Lipinski definition) is 4. The van der Waals surface area contributed by atoms with E-state index in [0.29, 0.717) is 25.5 Å². The molecule has 0 spiro atoms. The number of nitrogens with zero attached hydrogens (tertiary/aromatic N) is 1. The summed E-state index contributed by atoms with van der Waals surface area (Å²) in [7, 11) is 0. The Bertz CT molecular complexity index is 472. The molecule has 0 saturated heterocycles. The lowest BCUT2D eigenvalue weighted by Gasteiger charge is -2.32. The van der Waals surface area contributed by atoms with Crippen molar-refractivity contribution < 1.29 is 9.53 Å². The van der Waals surface area contributed by atoms with E-state index in [-0.39, 0.29) is 5.78 Å². The van der Waals surface area contributed by atoms with Crippen LogP contribution < -0.4 is 15.4 Å². The van der Waals surface area contributed by atoms with Gasteiger partial charge in [0, 0.05) is 18.5 Å². The van der Waals surface area contributed by atoms with Crippen LogP contribution in [0.3, 0.4) is 0 Å². The summed E-state index contributed by atoms with van der Waals surface area (Å²) in [6, 6.07) is 5.74. The average Bonchev–Trinajstić information content (AvgIpc) is 2.44. The molecule has 0 fully saturated rings. The number of ketones is 1. The second-order valence-corrected chi connectivity index (χ2v) is 5.69. The fraction of sp³-hybridized carbons (Fsp3) is 0.562. The van der Waals surface area contributed by atoms with Crippen molar-refractivity contribution in [2.45, 2.75) is 26.7 Å². The van der Waals surface area contributed by atoms with Crippen LogP contribution in [0.2, 0.25) is 0 Å². The van der Waals surface area contributed by atoms with Gasteiger partial charge in [-0.25, -0.2) is 0 Å². The number of hydrogen-bond donors (Lipinski definition) is 1. The topological polar surface area (TPSA) is 55.6 Å². The average molecular weight is 276 g/mol. The maximum absolute atomic E-state index is 12.1. The molecule has 0 aromatic heterocycles. The van der Waals surface area contributed by atoms with Gasteiger partial charge < -0.3 is 15.4 Å². The molecule has 0 amide bonds. The molecular formula is C16H24N2O2. The first-order valence-electron chi connectivity index (χ1n) is 7.37. The Balaban J connectivity index is 2.21. The number of nitrogens with two attached hydrogens (primary N) is 1. The monoisotopic (exact) mass is 276 g/mol. The lowest BCUT2D eigenvalue weighted by Crippen LogP contribution is -2.35. The van der Waals surface area contributed by atoms with Crippen LogP contribution in [0.15, 0.2) is 18.2 Å². The molecule has 0 aliphatic carbocycles. The number of Topliss-reactive ketones (excluding diaryl/α,β-unsaturated/α-hetero) is 1. The smallest absolute Gasteiger partial charge is 0.163 e. The van der Waals surface area contributed by atoms with E-state index in [1.165, 1.54) is 0 Å². The molecule has 1 aliphatic rings. The van der Waals surface area contributed by atoms with E-state index >= 15 is 0 Å². The number of benzene rings is 1. The lowest BCUT2D eigenvalue weighted by molar-refractivity contribution is 0.0980.